The number of carbonyl (C=O) groups is 1. The lowest BCUT2D eigenvalue weighted by molar-refractivity contribution is -0.149. The van der Waals surface area contributed by atoms with Crippen molar-refractivity contribution in [3.8, 4) is 28.5 Å². The van der Waals surface area contributed by atoms with E-state index in [4.69, 9.17) is 27.8 Å². The second kappa shape index (κ2) is 8.61. The van der Waals surface area contributed by atoms with Gasteiger partial charge in [-0.1, -0.05) is 18.2 Å². The predicted octanol–water partition coefficient (Wildman–Crippen LogP) is 4.68. The third kappa shape index (κ3) is 3.59. The molecule has 3 N–H and O–H groups in total. The van der Waals surface area contributed by atoms with Gasteiger partial charge in [-0.15, -0.1) is 0 Å². The van der Waals surface area contributed by atoms with E-state index < -0.39 is 0 Å². The molecule has 1 saturated carbocycles. The fourth-order valence-electron chi connectivity index (χ4n) is 5.63. The summed E-state index contributed by atoms with van der Waals surface area (Å²) in [6.45, 7) is 8.96. The summed E-state index contributed by atoms with van der Waals surface area (Å²) >= 11 is 6.84. The first-order valence-corrected chi connectivity index (χ1v) is 12.1. The zero-order valence-corrected chi connectivity index (χ0v) is 20.9. The molecule has 182 valence electrons. The number of carbonyl (C=O) groups excluding carboxylic acids is 1. The zero-order valence-electron chi connectivity index (χ0n) is 20.2. The number of aryl methyl sites for hydroxylation is 1. The van der Waals surface area contributed by atoms with Gasteiger partial charge < -0.3 is 16.0 Å². The molecule has 3 aromatic rings. The molecule has 0 unspecified atom stereocenters. The molecule has 1 spiro atoms. The molecule has 1 aromatic carbocycles. The molecule has 5 rings (SSSR count). The summed E-state index contributed by atoms with van der Waals surface area (Å²) in [7, 11) is 0. The number of nitrogens with zero attached hydrogens (tertiary/aromatic N) is 5. The van der Waals surface area contributed by atoms with Crippen molar-refractivity contribution < 1.29 is 4.79 Å². The predicted molar refractivity (Wildman–Crippen MR) is 140 cm³/mol. The molecule has 2 aromatic heterocycles. The van der Waals surface area contributed by atoms with Crippen molar-refractivity contribution in [2.24, 2.45) is 5.41 Å². The summed E-state index contributed by atoms with van der Waals surface area (Å²) < 4.78 is 2.04. The number of nitriles is 1. The first kappa shape index (κ1) is 23.8. The Labute approximate surface area is 214 Å². The minimum atomic E-state index is -0.0249. The van der Waals surface area contributed by atoms with Crippen molar-refractivity contribution >= 4 is 29.4 Å². The van der Waals surface area contributed by atoms with Crippen LogP contribution in [-0.2, 0) is 4.79 Å². The Morgan fingerprint density at radius 3 is 2.64 bits per heavy atom. The number of hydrogen-bond donors (Lipinski definition) is 2. The average Bonchev–Trinajstić information content (AvgIpc) is 3.15. The number of anilines is 1. The van der Waals surface area contributed by atoms with E-state index >= 15 is 0 Å². The summed E-state index contributed by atoms with van der Waals surface area (Å²) in [6.07, 6.45) is 6.07. The van der Waals surface area contributed by atoms with Gasteiger partial charge in [-0.05, 0) is 56.5 Å². The number of nitrogens with one attached hydrogen (secondary N) is 1. The highest BCUT2D eigenvalue weighted by Crippen LogP contribution is 2.55. The molecule has 1 aliphatic carbocycles. The molecule has 1 amide bonds. The number of likely N-dealkylation sites (tertiary alicyclic amines) is 1. The van der Waals surface area contributed by atoms with Gasteiger partial charge in [0, 0.05) is 64.6 Å². The Kier molecular flexibility index (Phi) is 5.68. The maximum atomic E-state index is 11.9. The van der Waals surface area contributed by atoms with Crippen LogP contribution in [0.15, 0.2) is 37.1 Å². The Balaban J connectivity index is 1.60. The third-order valence-corrected chi connectivity index (χ3v) is 7.92. The monoisotopic (exact) mass is 499 g/mol. The highest BCUT2D eigenvalue weighted by molar-refractivity contribution is 6.35. The summed E-state index contributed by atoms with van der Waals surface area (Å²) in [6, 6.07) is 7.48. The quantitative estimate of drug-likeness (QED) is 0.299. The summed E-state index contributed by atoms with van der Waals surface area (Å²) in [4.78, 5) is 18.0. The number of nitrogens with two attached hydrogens (primary N) is 1. The maximum absolute atomic E-state index is 11.9. The largest absolute Gasteiger partial charge is 0.398 e. The van der Waals surface area contributed by atoms with Crippen LogP contribution in [0.25, 0.3) is 22.4 Å². The number of amides is 1. The molecule has 0 atom stereocenters. The number of benzene rings is 1. The van der Waals surface area contributed by atoms with Crippen LogP contribution in [0.5, 0.6) is 0 Å². The molecule has 36 heavy (non-hydrogen) atoms. The maximum Gasteiger partial charge on any atom is 0.245 e. The second-order valence-corrected chi connectivity index (χ2v) is 10.2. The first-order valence-electron chi connectivity index (χ1n) is 11.7. The van der Waals surface area contributed by atoms with Crippen LogP contribution in [-0.4, -0.2) is 44.9 Å². The first-order chi connectivity index (χ1) is 17.2. The van der Waals surface area contributed by atoms with Crippen LogP contribution < -0.4 is 5.73 Å². The van der Waals surface area contributed by atoms with Crippen LogP contribution in [0.2, 0.25) is 5.02 Å². The molecular formula is C27H26ClN7O. The van der Waals surface area contributed by atoms with E-state index in [1.165, 1.54) is 12.3 Å². The smallest absolute Gasteiger partial charge is 0.245 e. The third-order valence-electron chi connectivity index (χ3n) is 7.44. The second-order valence-electron chi connectivity index (χ2n) is 9.79. The molecule has 2 aliphatic rings. The normalized spacial score (nSPS) is 16.2. The Hall–Kier alpha value is -3.96. The molecular weight excluding hydrogens is 474 g/mol. The molecule has 0 radical (unpaired) electrons. The molecule has 0 bridgehead atoms. The van der Waals surface area contributed by atoms with E-state index in [1.54, 1.807) is 18.3 Å². The van der Waals surface area contributed by atoms with Gasteiger partial charge >= 0.3 is 0 Å². The van der Waals surface area contributed by atoms with E-state index in [0.29, 0.717) is 33.2 Å². The molecule has 2 fully saturated rings. The number of pyridine rings is 1. The minimum absolute atomic E-state index is 0.0249. The molecule has 1 aliphatic heterocycles. The Morgan fingerprint density at radius 1 is 1.33 bits per heavy atom. The molecule has 1 saturated heterocycles. The lowest BCUT2D eigenvalue weighted by Gasteiger charge is -2.58. The van der Waals surface area contributed by atoms with Crippen LogP contribution in [0.4, 0.5) is 5.69 Å². The van der Waals surface area contributed by atoms with Gasteiger partial charge in [-0.2, -0.15) is 10.4 Å². The van der Waals surface area contributed by atoms with Gasteiger partial charge in [-0.3, -0.25) is 9.48 Å². The van der Waals surface area contributed by atoms with E-state index in [0.717, 1.165) is 48.3 Å². The standard InChI is InChI=1S/C27H26ClN7O/c1-4-22(36)34-13-27(14-34)8-19(9-27)35-16(3)23(24-20(11-30)21(31)7-15(2)25(24)28)26(33-35)17-5-6-18(10-29)32-12-17/h4-7,11-12,19,30H,1,8-9,13-14,31H2,2-3H3. The summed E-state index contributed by atoms with van der Waals surface area (Å²) in [5.74, 6) is -0.0249. The SMILES string of the molecule is C=CC(=O)N1CC2(CC(n3nc(-c4ccc(C#N)nc4)c(-c4c(Cl)c(C)cc(N)c4C=N)c3C)C2)C1. The van der Waals surface area contributed by atoms with Crippen LogP contribution >= 0.6 is 11.6 Å². The van der Waals surface area contributed by atoms with Crippen molar-refractivity contribution in [1.29, 1.82) is 10.7 Å². The van der Waals surface area contributed by atoms with Gasteiger partial charge in [0.1, 0.15) is 17.5 Å². The van der Waals surface area contributed by atoms with Crippen molar-refractivity contribution in [3.63, 3.8) is 0 Å². The fraction of sp³-hybridized carbons (Fsp3) is 0.296. The van der Waals surface area contributed by atoms with Crippen LogP contribution in [0, 0.1) is 36.0 Å². The lowest BCUT2D eigenvalue weighted by Crippen LogP contribution is -2.63. The number of halogens is 1. The highest BCUT2D eigenvalue weighted by atomic mass is 35.5. The van der Waals surface area contributed by atoms with Crippen molar-refractivity contribution in [2.75, 3.05) is 18.8 Å². The van der Waals surface area contributed by atoms with Gasteiger partial charge in [0.25, 0.3) is 0 Å². The minimum Gasteiger partial charge on any atom is -0.398 e. The van der Waals surface area contributed by atoms with Gasteiger partial charge in [0.15, 0.2) is 0 Å². The van der Waals surface area contributed by atoms with E-state index in [2.05, 4.69) is 11.6 Å². The topological polar surface area (TPSA) is 125 Å². The van der Waals surface area contributed by atoms with E-state index in [-0.39, 0.29) is 17.4 Å². The number of nitrogen functional groups attached to an aromatic ring is 1. The summed E-state index contributed by atoms with van der Waals surface area (Å²) in [5.41, 5.74) is 12.4. The Morgan fingerprint density at radius 2 is 2.06 bits per heavy atom. The lowest BCUT2D eigenvalue weighted by atomic mass is 9.60. The van der Waals surface area contributed by atoms with E-state index in [1.807, 2.05) is 35.6 Å². The van der Waals surface area contributed by atoms with Gasteiger partial charge in [0.2, 0.25) is 5.91 Å². The van der Waals surface area contributed by atoms with Crippen molar-refractivity contribution in [2.45, 2.75) is 32.7 Å². The van der Waals surface area contributed by atoms with Crippen molar-refractivity contribution in [3.05, 3.63) is 64.6 Å². The average molecular weight is 500 g/mol. The molecule has 9 heteroatoms. The fourth-order valence-corrected chi connectivity index (χ4v) is 5.88. The van der Waals surface area contributed by atoms with Gasteiger partial charge in [0.05, 0.1) is 11.1 Å². The number of hydrogen-bond acceptors (Lipinski definition) is 6. The van der Waals surface area contributed by atoms with Crippen LogP contribution in [0.1, 0.15) is 41.4 Å². The highest BCUT2D eigenvalue weighted by Gasteiger charge is 2.54. The molecule has 3 heterocycles. The zero-order chi connectivity index (χ0) is 25.8. The molecule has 8 nitrogen and oxygen atoms in total. The number of aromatic nitrogens is 3. The van der Waals surface area contributed by atoms with Gasteiger partial charge in [-0.25, -0.2) is 4.98 Å². The van der Waals surface area contributed by atoms with Crippen molar-refractivity contribution in [1.82, 2.24) is 19.7 Å². The summed E-state index contributed by atoms with van der Waals surface area (Å²) in [5, 5.41) is 22.8. The number of rotatable bonds is 5. The van der Waals surface area contributed by atoms with E-state index in [9.17, 15) is 10.1 Å². The van der Waals surface area contributed by atoms with Crippen LogP contribution in [0.3, 0.4) is 0 Å². The Bertz CT molecular complexity index is 1450.